The van der Waals surface area contributed by atoms with E-state index in [0.717, 1.165) is 11.4 Å². The summed E-state index contributed by atoms with van der Waals surface area (Å²) in [4.78, 5) is 8.82. The summed E-state index contributed by atoms with van der Waals surface area (Å²) in [5.74, 6) is 0.816. The zero-order chi connectivity index (χ0) is 14.5. The highest BCUT2D eigenvalue weighted by Crippen LogP contribution is 2.14. The maximum Gasteiger partial charge on any atom is 0.223 e. The number of benzene rings is 1. The summed E-state index contributed by atoms with van der Waals surface area (Å²) < 4.78 is 13.5. The number of hydrogen-bond acceptors (Lipinski definition) is 3. The highest BCUT2D eigenvalue weighted by molar-refractivity contribution is 5.30. The molecule has 4 heteroatoms. The molecule has 0 fully saturated rings. The number of aryl methyl sites for hydroxylation is 1. The Kier molecular flexibility index (Phi) is 4.66. The van der Waals surface area contributed by atoms with E-state index in [9.17, 15) is 4.39 Å². The van der Waals surface area contributed by atoms with E-state index in [2.05, 4.69) is 29.1 Å². The topological polar surface area (TPSA) is 37.8 Å². The Balaban J connectivity index is 1.99. The molecule has 1 aromatic heterocycles. The standard InChI is InChI=1S/C16H20FN3/c1-11(2)15-10-12(3)19-16(20-15)18-9-8-13-6-4-5-7-14(13)17/h4-7,10-11H,8-9H2,1-3H3,(H,18,19,20). The van der Waals surface area contributed by atoms with E-state index in [1.807, 2.05) is 19.1 Å². The average molecular weight is 273 g/mol. The predicted molar refractivity (Wildman–Crippen MR) is 79.5 cm³/mol. The van der Waals surface area contributed by atoms with E-state index in [1.54, 1.807) is 12.1 Å². The van der Waals surface area contributed by atoms with Gasteiger partial charge in [0.1, 0.15) is 5.82 Å². The molecule has 0 aliphatic heterocycles. The van der Waals surface area contributed by atoms with Crippen molar-refractivity contribution >= 4 is 5.95 Å². The molecule has 0 amide bonds. The fraction of sp³-hybridized carbons (Fsp3) is 0.375. The van der Waals surface area contributed by atoms with E-state index in [1.165, 1.54) is 6.07 Å². The Morgan fingerprint density at radius 3 is 2.65 bits per heavy atom. The molecule has 0 spiro atoms. The predicted octanol–water partition coefficient (Wildman–Crippen LogP) is 3.70. The van der Waals surface area contributed by atoms with Crippen LogP contribution >= 0.6 is 0 Å². The second-order valence-electron chi connectivity index (χ2n) is 5.18. The van der Waals surface area contributed by atoms with Gasteiger partial charge in [-0.15, -0.1) is 0 Å². The summed E-state index contributed by atoms with van der Waals surface area (Å²) in [6, 6.07) is 8.82. The lowest BCUT2D eigenvalue weighted by atomic mass is 10.1. The van der Waals surface area contributed by atoms with E-state index in [0.29, 0.717) is 30.4 Å². The lowest BCUT2D eigenvalue weighted by Gasteiger charge is -2.10. The second kappa shape index (κ2) is 6.46. The van der Waals surface area contributed by atoms with E-state index in [4.69, 9.17) is 0 Å². The van der Waals surface area contributed by atoms with Crippen molar-refractivity contribution in [3.63, 3.8) is 0 Å². The monoisotopic (exact) mass is 273 g/mol. The number of nitrogens with zero attached hydrogens (tertiary/aromatic N) is 2. The van der Waals surface area contributed by atoms with Gasteiger partial charge in [-0.25, -0.2) is 14.4 Å². The highest BCUT2D eigenvalue weighted by atomic mass is 19.1. The van der Waals surface area contributed by atoms with Crippen molar-refractivity contribution in [2.24, 2.45) is 0 Å². The molecule has 0 aliphatic carbocycles. The van der Waals surface area contributed by atoms with Crippen molar-refractivity contribution in [3.8, 4) is 0 Å². The Hall–Kier alpha value is -1.97. The van der Waals surface area contributed by atoms with Crippen LogP contribution in [0.3, 0.4) is 0 Å². The molecule has 0 radical (unpaired) electrons. The third-order valence-corrected chi connectivity index (χ3v) is 3.10. The zero-order valence-electron chi connectivity index (χ0n) is 12.2. The number of rotatable bonds is 5. The fourth-order valence-electron chi connectivity index (χ4n) is 1.98. The highest BCUT2D eigenvalue weighted by Gasteiger charge is 2.06. The number of anilines is 1. The molecule has 0 bridgehead atoms. The van der Waals surface area contributed by atoms with Crippen LogP contribution < -0.4 is 5.32 Å². The van der Waals surface area contributed by atoms with E-state index < -0.39 is 0 Å². The van der Waals surface area contributed by atoms with Crippen molar-refractivity contribution in [1.82, 2.24) is 9.97 Å². The first-order valence-corrected chi connectivity index (χ1v) is 6.89. The van der Waals surface area contributed by atoms with Gasteiger partial charge < -0.3 is 5.32 Å². The summed E-state index contributed by atoms with van der Waals surface area (Å²) in [7, 11) is 0. The molecule has 0 unspecified atom stereocenters. The van der Waals surface area contributed by atoms with Crippen molar-refractivity contribution < 1.29 is 4.39 Å². The Labute approximate surface area is 119 Å². The van der Waals surface area contributed by atoms with Crippen molar-refractivity contribution in [1.29, 1.82) is 0 Å². The molecule has 106 valence electrons. The Bertz CT molecular complexity index is 582. The molecular weight excluding hydrogens is 253 g/mol. The van der Waals surface area contributed by atoms with Gasteiger partial charge in [0.2, 0.25) is 5.95 Å². The van der Waals surface area contributed by atoms with Crippen LogP contribution in [-0.2, 0) is 6.42 Å². The summed E-state index contributed by atoms with van der Waals surface area (Å²) in [5, 5.41) is 3.17. The maximum absolute atomic E-state index is 13.5. The molecular formula is C16H20FN3. The maximum atomic E-state index is 13.5. The molecule has 2 rings (SSSR count). The molecule has 20 heavy (non-hydrogen) atoms. The quantitative estimate of drug-likeness (QED) is 0.902. The van der Waals surface area contributed by atoms with Crippen molar-refractivity contribution in [2.75, 3.05) is 11.9 Å². The van der Waals surface area contributed by atoms with Gasteiger partial charge in [-0.1, -0.05) is 32.0 Å². The Morgan fingerprint density at radius 1 is 1.20 bits per heavy atom. The molecule has 0 atom stereocenters. The normalized spacial score (nSPS) is 10.8. The van der Waals surface area contributed by atoms with Gasteiger partial charge in [-0.05, 0) is 37.0 Å². The van der Waals surface area contributed by atoms with Gasteiger partial charge >= 0.3 is 0 Å². The lowest BCUT2D eigenvalue weighted by Crippen LogP contribution is -2.10. The van der Waals surface area contributed by atoms with Crippen molar-refractivity contribution in [3.05, 3.63) is 53.1 Å². The third-order valence-electron chi connectivity index (χ3n) is 3.10. The largest absolute Gasteiger partial charge is 0.354 e. The third kappa shape index (κ3) is 3.76. The molecule has 2 aromatic rings. The van der Waals surface area contributed by atoms with E-state index in [-0.39, 0.29) is 5.82 Å². The molecule has 3 nitrogen and oxygen atoms in total. The van der Waals surface area contributed by atoms with E-state index >= 15 is 0 Å². The van der Waals surface area contributed by atoms with Gasteiger partial charge in [0.15, 0.2) is 0 Å². The first kappa shape index (κ1) is 14.4. The van der Waals surface area contributed by atoms with Crippen LogP contribution in [0.1, 0.15) is 36.7 Å². The molecule has 1 aromatic carbocycles. The SMILES string of the molecule is Cc1cc(C(C)C)nc(NCCc2ccccc2F)n1. The molecule has 1 N–H and O–H groups in total. The van der Waals surface area contributed by atoms with Crippen LogP contribution in [0.4, 0.5) is 10.3 Å². The fourth-order valence-corrected chi connectivity index (χ4v) is 1.98. The number of halogens is 1. The Morgan fingerprint density at radius 2 is 1.95 bits per heavy atom. The van der Waals surface area contributed by atoms with Crippen LogP contribution in [0.2, 0.25) is 0 Å². The van der Waals surface area contributed by atoms with Gasteiger partial charge in [0, 0.05) is 17.9 Å². The van der Waals surface area contributed by atoms with Crippen LogP contribution in [0.5, 0.6) is 0 Å². The summed E-state index contributed by atoms with van der Waals surface area (Å²) in [6.45, 7) is 6.77. The minimum absolute atomic E-state index is 0.165. The molecule has 0 saturated heterocycles. The number of nitrogens with one attached hydrogen (secondary N) is 1. The van der Waals surface area contributed by atoms with Crippen LogP contribution in [0.15, 0.2) is 30.3 Å². The summed E-state index contributed by atoms with van der Waals surface area (Å²) >= 11 is 0. The average Bonchev–Trinajstić information content (AvgIpc) is 2.40. The van der Waals surface area contributed by atoms with Crippen LogP contribution in [0, 0.1) is 12.7 Å². The lowest BCUT2D eigenvalue weighted by molar-refractivity contribution is 0.610. The molecule has 0 aliphatic rings. The van der Waals surface area contributed by atoms with Crippen molar-refractivity contribution in [2.45, 2.75) is 33.1 Å². The van der Waals surface area contributed by atoms with Gasteiger partial charge in [0.25, 0.3) is 0 Å². The first-order chi connectivity index (χ1) is 9.56. The summed E-state index contributed by atoms with van der Waals surface area (Å²) in [6.07, 6.45) is 0.612. The minimum atomic E-state index is -0.165. The van der Waals surface area contributed by atoms with Gasteiger partial charge in [-0.2, -0.15) is 0 Å². The van der Waals surface area contributed by atoms with Gasteiger partial charge in [-0.3, -0.25) is 0 Å². The first-order valence-electron chi connectivity index (χ1n) is 6.89. The van der Waals surface area contributed by atoms with Crippen LogP contribution in [0.25, 0.3) is 0 Å². The summed E-state index contributed by atoms with van der Waals surface area (Å²) in [5.41, 5.74) is 2.67. The second-order valence-corrected chi connectivity index (χ2v) is 5.18. The molecule has 0 saturated carbocycles. The molecule has 1 heterocycles. The number of aromatic nitrogens is 2. The smallest absolute Gasteiger partial charge is 0.223 e. The number of hydrogen-bond donors (Lipinski definition) is 1. The minimum Gasteiger partial charge on any atom is -0.354 e. The van der Waals surface area contributed by atoms with Gasteiger partial charge in [0.05, 0.1) is 0 Å². The zero-order valence-corrected chi connectivity index (χ0v) is 12.2. The van der Waals surface area contributed by atoms with Crippen LogP contribution in [-0.4, -0.2) is 16.5 Å².